The van der Waals surface area contributed by atoms with E-state index in [1.165, 1.54) is 50.2 Å². The Morgan fingerprint density at radius 1 is 1.27 bits per heavy atom. The zero-order valence-electron chi connectivity index (χ0n) is 17.0. The SMILES string of the molecule is COC(=O)/C=C/c1cc(OC)c(OC)c(S(=O)(=O)N2CCCC(c3ncn[nH]3)C2)c1. The van der Waals surface area contributed by atoms with Crippen molar-refractivity contribution in [1.82, 2.24) is 19.5 Å². The van der Waals surface area contributed by atoms with Crippen LogP contribution in [0.2, 0.25) is 0 Å². The summed E-state index contributed by atoms with van der Waals surface area (Å²) in [6.07, 6.45) is 5.57. The number of sulfonamides is 1. The van der Waals surface area contributed by atoms with Crippen molar-refractivity contribution >= 4 is 22.1 Å². The van der Waals surface area contributed by atoms with E-state index >= 15 is 0 Å². The molecule has 1 unspecified atom stereocenters. The van der Waals surface area contributed by atoms with Crippen LogP contribution in [0.25, 0.3) is 6.08 Å². The van der Waals surface area contributed by atoms with Crippen LogP contribution in [0.4, 0.5) is 0 Å². The van der Waals surface area contributed by atoms with Crippen molar-refractivity contribution in [3.8, 4) is 11.5 Å². The number of aromatic nitrogens is 3. The summed E-state index contributed by atoms with van der Waals surface area (Å²) in [5.74, 6) is 0.377. The van der Waals surface area contributed by atoms with E-state index < -0.39 is 16.0 Å². The number of hydrogen-bond donors (Lipinski definition) is 1. The number of ether oxygens (including phenoxy) is 3. The minimum atomic E-state index is -3.91. The number of carbonyl (C=O) groups excluding carboxylic acids is 1. The summed E-state index contributed by atoms with van der Waals surface area (Å²) in [6.45, 7) is 0.645. The Morgan fingerprint density at radius 2 is 2.07 bits per heavy atom. The van der Waals surface area contributed by atoms with Crippen molar-refractivity contribution in [3.05, 3.63) is 35.9 Å². The van der Waals surface area contributed by atoms with Gasteiger partial charge in [-0.2, -0.15) is 9.40 Å². The number of nitrogens with one attached hydrogen (secondary N) is 1. The van der Waals surface area contributed by atoms with Gasteiger partial charge in [0.25, 0.3) is 0 Å². The average Bonchev–Trinajstić information content (AvgIpc) is 3.31. The Morgan fingerprint density at radius 3 is 2.70 bits per heavy atom. The van der Waals surface area contributed by atoms with Gasteiger partial charge in [0.05, 0.1) is 21.3 Å². The summed E-state index contributed by atoms with van der Waals surface area (Å²) in [7, 11) is 0.153. The predicted molar refractivity (Wildman–Crippen MR) is 108 cm³/mol. The molecule has 10 nitrogen and oxygen atoms in total. The normalized spacial score (nSPS) is 17.8. The van der Waals surface area contributed by atoms with Gasteiger partial charge < -0.3 is 14.2 Å². The van der Waals surface area contributed by atoms with Crippen LogP contribution in [-0.2, 0) is 19.6 Å². The van der Waals surface area contributed by atoms with Crippen LogP contribution >= 0.6 is 0 Å². The van der Waals surface area contributed by atoms with E-state index in [-0.39, 0.29) is 28.9 Å². The molecule has 30 heavy (non-hydrogen) atoms. The highest BCUT2D eigenvalue weighted by Crippen LogP contribution is 2.39. The van der Waals surface area contributed by atoms with Crippen LogP contribution in [-0.4, -0.2) is 68.3 Å². The Kier molecular flexibility index (Phi) is 6.73. The minimum Gasteiger partial charge on any atom is -0.493 e. The summed E-state index contributed by atoms with van der Waals surface area (Å²) in [6, 6.07) is 3.04. The molecular weight excluding hydrogens is 412 g/mol. The van der Waals surface area contributed by atoms with Crippen LogP contribution in [0.3, 0.4) is 0 Å². The summed E-state index contributed by atoms with van der Waals surface area (Å²) in [5, 5.41) is 6.68. The quantitative estimate of drug-likeness (QED) is 0.512. The van der Waals surface area contributed by atoms with E-state index in [9.17, 15) is 13.2 Å². The van der Waals surface area contributed by atoms with Crippen molar-refractivity contribution in [2.45, 2.75) is 23.7 Å². The third kappa shape index (κ3) is 4.46. The monoisotopic (exact) mass is 436 g/mol. The van der Waals surface area contributed by atoms with Gasteiger partial charge in [-0.3, -0.25) is 5.10 Å². The van der Waals surface area contributed by atoms with Gasteiger partial charge in [0.2, 0.25) is 10.0 Å². The molecule has 1 aliphatic rings. The molecule has 0 amide bonds. The maximum absolute atomic E-state index is 13.5. The predicted octanol–water partition coefficient (Wildman–Crippen LogP) is 1.58. The Bertz CT molecular complexity index is 1020. The van der Waals surface area contributed by atoms with Gasteiger partial charge in [0.15, 0.2) is 11.5 Å². The molecule has 1 atom stereocenters. The van der Waals surface area contributed by atoms with Gasteiger partial charge in [0, 0.05) is 25.1 Å². The lowest BCUT2D eigenvalue weighted by atomic mass is 9.99. The molecule has 1 N–H and O–H groups in total. The maximum Gasteiger partial charge on any atom is 0.330 e. The van der Waals surface area contributed by atoms with Crippen LogP contribution < -0.4 is 9.47 Å². The number of aromatic amines is 1. The largest absolute Gasteiger partial charge is 0.493 e. The highest BCUT2D eigenvalue weighted by Gasteiger charge is 2.35. The third-order valence-corrected chi connectivity index (χ3v) is 6.77. The van der Waals surface area contributed by atoms with Gasteiger partial charge >= 0.3 is 5.97 Å². The number of esters is 1. The fourth-order valence-corrected chi connectivity index (χ4v) is 5.13. The summed E-state index contributed by atoms with van der Waals surface area (Å²) in [5.41, 5.74) is 0.459. The molecule has 1 aromatic carbocycles. The Labute approximate surface area is 174 Å². The van der Waals surface area contributed by atoms with E-state index in [2.05, 4.69) is 19.9 Å². The zero-order chi connectivity index (χ0) is 21.7. The first-order chi connectivity index (χ1) is 14.4. The highest BCUT2D eigenvalue weighted by molar-refractivity contribution is 7.89. The fraction of sp³-hybridized carbons (Fsp3) is 0.421. The minimum absolute atomic E-state index is 0.0351. The van der Waals surface area contributed by atoms with E-state index in [0.717, 1.165) is 6.42 Å². The molecule has 3 rings (SSSR count). The molecule has 1 aliphatic heterocycles. The number of nitrogens with zero attached hydrogens (tertiary/aromatic N) is 3. The van der Waals surface area contributed by atoms with Gasteiger partial charge in [-0.25, -0.2) is 18.2 Å². The first kappa shape index (κ1) is 21.8. The smallest absolute Gasteiger partial charge is 0.330 e. The van der Waals surface area contributed by atoms with Gasteiger partial charge in [-0.1, -0.05) is 0 Å². The maximum atomic E-state index is 13.5. The zero-order valence-corrected chi connectivity index (χ0v) is 17.8. The van der Waals surface area contributed by atoms with Gasteiger partial charge in [0.1, 0.15) is 17.0 Å². The molecule has 0 saturated carbocycles. The second kappa shape index (κ2) is 9.26. The molecule has 1 fully saturated rings. The first-order valence-electron chi connectivity index (χ1n) is 9.28. The number of carbonyl (C=O) groups is 1. The van der Waals surface area contributed by atoms with Crippen LogP contribution in [0.5, 0.6) is 11.5 Å². The van der Waals surface area contributed by atoms with Gasteiger partial charge in [-0.05, 0) is 36.6 Å². The standard InChI is InChI=1S/C19H24N4O6S/c1-27-15-9-13(6-7-17(24)28-2)10-16(18(15)29-3)30(25,26)23-8-4-5-14(11-23)19-20-12-21-22-19/h6-7,9-10,12,14H,4-5,8,11H2,1-3H3,(H,20,21,22)/b7-6+. The fourth-order valence-electron chi connectivity index (χ4n) is 3.40. The molecule has 2 aromatic rings. The number of hydrogen-bond acceptors (Lipinski definition) is 8. The van der Waals surface area contributed by atoms with Crippen LogP contribution in [0.1, 0.15) is 30.1 Å². The molecule has 0 radical (unpaired) electrons. The number of methoxy groups -OCH3 is 3. The van der Waals surface area contributed by atoms with Crippen molar-refractivity contribution in [1.29, 1.82) is 0 Å². The van der Waals surface area contributed by atoms with Crippen molar-refractivity contribution in [3.63, 3.8) is 0 Å². The molecule has 1 saturated heterocycles. The Hall–Kier alpha value is -2.92. The molecule has 0 aliphatic carbocycles. The molecule has 1 aromatic heterocycles. The lowest BCUT2D eigenvalue weighted by Crippen LogP contribution is -2.39. The number of H-pyrrole nitrogens is 1. The molecule has 0 spiro atoms. The molecule has 2 heterocycles. The lowest BCUT2D eigenvalue weighted by Gasteiger charge is -2.31. The second-order valence-electron chi connectivity index (χ2n) is 6.68. The molecule has 0 bridgehead atoms. The summed E-state index contributed by atoms with van der Waals surface area (Å²) < 4.78 is 43.8. The van der Waals surface area contributed by atoms with E-state index in [1.54, 1.807) is 6.07 Å². The second-order valence-corrected chi connectivity index (χ2v) is 8.59. The number of piperidine rings is 1. The van der Waals surface area contributed by atoms with Crippen molar-refractivity contribution in [2.24, 2.45) is 0 Å². The Balaban J connectivity index is 2.00. The van der Waals surface area contributed by atoms with Crippen molar-refractivity contribution in [2.75, 3.05) is 34.4 Å². The average molecular weight is 436 g/mol. The summed E-state index contributed by atoms with van der Waals surface area (Å²) in [4.78, 5) is 15.6. The van der Waals surface area contributed by atoms with Crippen molar-refractivity contribution < 1.29 is 27.4 Å². The molecule has 11 heteroatoms. The van der Waals surface area contributed by atoms with E-state index in [0.29, 0.717) is 24.4 Å². The lowest BCUT2D eigenvalue weighted by molar-refractivity contribution is -0.134. The van der Waals surface area contributed by atoms with E-state index in [4.69, 9.17) is 9.47 Å². The number of rotatable bonds is 7. The molecular formula is C19H24N4O6S. The topological polar surface area (TPSA) is 124 Å². The van der Waals surface area contributed by atoms with Gasteiger partial charge in [-0.15, -0.1) is 0 Å². The molecule has 162 valence electrons. The number of benzene rings is 1. The first-order valence-corrected chi connectivity index (χ1v) is 10.7. The third-order valence-electron chi connectivity index (χ3n) is 4.90. The highest BCUT2D eigenvalue weighted by atomic mass is 32.2. The summed E-state index contributed by atoms with van der Waals surface area (Å²) >= 11 is 0. The van der Waals surface area contributed by atoms with Crippen LogP contribution in [0, 0.1) is 0 Å². The van der Waals surface area contributed by atoms with Crippen LogP contribution in [0.15, 0.2) is 29.4 Å². The van der Waals surface area contributed by atoms with E-state index in [1.807, 2.05) is 0 Å².